The quantitative estimate of drug-likeness (QED) is 0.311. The number of nitrogens with one attached hydrogen (secondary N) is 1. The summed E-state index contributed by atoms with van der Waals surface area (Å²) in [6, 6.07) is 14.5. The van der Waals surface area contributed by atoms with Gasteiger partial charge >= 0.3 is 0 Å². The van der Waals surface area contributed by atoms with Gasteiger partial charge in [0.25, 0.3) is 5.56 Å². The summed E-state index contributed by atoms with van der Waals surface area (Å²) in [5.41, 5.74) is 2.75. The van der Waals surface area contributed by atoms with Gasteiger partial charge in [-0.1, -0.05) is 41.6 Å². The second-order valence-electron chi connectivity index (χ2n) is 6.64. The van der Waals surface area contributed by atoms with E-state index in [0.717, 1.165) is 11.3 Å². The zero-order valence-electron chi connectivity index (χ0n) is 16.7. The predicted octanol–water partition coefficient (Wildman–Crippen LogP) is 5.15. The molecule has 0 atom stereocenters. The number of halogens is 1. The Morgan fingerprint density at radius 1 is 1.26 bits per heavy atom. The molecule has 0 spiro atoms. The van der Waals surface area contributed by atoms with Crippen LogP contribution in [0.1, 0.15) is 5.56 Å². The Morgan fingerprint density at radius 3 is 2.81 bits per heavy atom. The largest absolute Gasteiger partial charge is 0.495 e. The fourth-order valence-electron chi connectivity index (χ4n) is 3.09. The Morgan fingerprint density at radius 2 is 2.06 bits per heavy atom. The van der Waals surface area contributed by atoms with Crippen LogP contribution in [0.25, 0.3) is 15.9 Å². The number of nitrogens with zero attached hydrogens (tertiary/aromatic N) is 2. The topological polar surface area (TPSA) is 73.2 Å². The van der Waals surface area contributed by atoms with E-state index in [4.69, 9.17) is 16.3 Å². The molecular formula is C22H18ClN3O3S2. The van der Waals surface area contributed by atoms with Gasteiger partial charge in [0.2, 0.25) is 5.91 Å². The number of carbonyl (C=O) groups is 1. The minimum Gasteiger partial charge on any atom is -0.495 e. The fourth-order valence-corrected chi connectivity index (χ4v) is 4.91. The highest BCUT2D eigenvalue weighted by molar-refractivity contribution is 7.99. The van der Waals surface area contributed by atoms with E-state index in [1.54, 1.807) is 22.8 Å². The molecule has 31 heavy (non-hydrogen) atoms. The first-order valence-electron chi connectivity index (χ1n) is 9.30. The Labute approximate surface area is 191 Å². The van der Waals surface area contributed by atoms with Crippen molar-refractivity contribution in [2.24, 2.45) is 0 Å². The molecule has 0 fully saturated rings. The number of hydrogen-bond acceptors (Lipinski definition) is 6. The third kappa shape index (κ3) is 4.46. The lowest BCUT2D eigenvalue weighted by molar-refractivity contribution is -0.113. The van der Waals surface area contributed by atoms with Crippen LogP contribution in [0.3, 0.4) is 0 Å². The van der Waals surface area contributed by atoms with Crippen LogP contribution in [-0.4, -0.2) is 28.3 Å². The van der Waals surface area contributed by atoms with Gasteiger partial charge in [-0.3, -0.25) is 14.2 Å². The number of benzene rings is 2. The normalized spacial score (nSPS) is 10.9. The molecule has 0 aliphatic rings. The maximum Gasteiger partial charge on any atom is 0.276 e. The molecule has 4 aromatic rings. The Bertz CT molecular complexity index is 1330. The summed E-state index contributed by atoms with van der Waals surface area (Å²) in [7, 11) is 1.53. The van der Waals surface area contributed by atoms with E-state index in [0.29, 0.717) is 31.8 Å². The van der Waals surface area contributed by atoms with E-state index in [1.165, 1.54) is 30.2 Å². The second kappa shape index (κ2) is 9.13. The Kier molecular flexibility index (Phi) is 6.31. The van der Waals surface area contributed by atoms with E-state index in [9.17, 15) is 9.59 Å². The van der Waals surface area contributed by atoms with Crippen molar-refractivity contribution in [1.29, 1.82) is 0 Å². The molecule has 0 aliphatic carbocycles. The summed E-state index contributed by atoms with van der Waals surface area (Å²) in [5, 5.41) is 5.53. The Balaban J connectivity index is 1.61. The van der Waals surface area contributed by atoms with Gasteiger partial charge in [0.1, 0.15) is 10.4 Å². The van der Waals surface area contributed by atoms with Crippen molar-refractivity contribution in [3.63, 3.8) is 0 Å². The van der Waals surface area contributed by atoms with Gasteiger partial charge in [0, 0.05) is 5.69 Å². The van der Waals surface area contributed by atoms with Gasteiger partial charge in [0.15, 0.2) is 5.16 Å². The van der Waals surface area contributed by atoms with Crippen molar-refractivity contribution >= 4 is 56.5 Å². The third-order valence-electron chi connectivity index (χ3n) is 4.57. The van der Waals surface area contributed by atoms with Crippen molar-refractivity contribution in [2.45, 2.75) is 12.1 Å². The number of thioether (sulfide) groups is 1. The van der Waals surface area contributed by atoms with E-state index in [-0.39, 0.29) is 17.2 Å². The number of thiophene rings is 1. The van der Waals surface area contributed by atoms with Crippen molar-refractivity contribution in [1.82, 2.24) is 9.55 Å². The first kappa shape index (κ1) is 21.4. The maximum absolute atomic E-state index is 13.2. The standard InChI is InChI=1S/C22H18ClN3O3S2/c1-13-5-3-4-6-17(13)26-21(28)20-16(9-10-30-20)25-22(26)31-12-19(27)24-14-7-8-18(29-2)15(23)11-14/h3-11H,12H2,1-2H3,(H,24,27). The number of ether oxygens (including phenoxy) is 1. The van der Waals surface area contributed by atoms with Crippen LogP contribution in [0.2, 0.25) is 5.02 Å². The average Bonchev–Trinajstić information content (AvgIpc) is 3.22. The smallest absolute Gasteiger partial charge is 0.276 e. The van der Waals surface area contributed by atoms with Crippen molar-refractivity contribution < 1.29 is 9.53 Å². The SMILES string of the molecule is COc1ccc(NC(=O)CSc2nc3ccsc3c(=O)n2-c2ccccc2C)cc1Cl. The Hall–Kier alpha value is -2.81. The minimum absolute atomic E-state index is 0.0810. The molecule has 0 aliphatic heterocycles. The third-order valence-corrected chi connectivity index (χ3v) is 6.70. The van der Waals surface area contributed by atoms with Gasteiger partial charge in [-0.25, -0.2) is 4.98 Å². The van der Waals surface area contributed by atoms with Crippen LogP contribution in [-0.2, 0) is 4.79 Å². The molecule has 0 saturated carbocycles. The van der Waals surface area contributed by atoms with E-state index >= 15 is 0 Å². The summed E-state index contributed by atoms with van der Waals surface area (Å²) in [6.45, 7) is 1.94. The number of fused-ring (bicyclic) bond motifs is 1. The maximum atomic E-state index is 13.2. The first-order chi connectivity index (χ1) is 15.0. The first-order valence-corrected chi connectivity index (χ1v) is 11.5. The second-order valence-corrected chi connectivity index (χ2v) is 8.91. The highest BCUT2D eigenvalue weighted by Gasteiger charge is 2.17. The highest BCUT2D eigenvalue weighted by Crippen LogP contribution is 2.28. The number of aromatic nitrogens is 2. The van der Waals surface area contributed by atoms with E-state index in [2.05, 4.69) is 10.3 Å². The van der Waals surface area contributed by atoms with Gasteiger partial charge < -0.3 is 10.1 Å². The van der Waals surface area contributed by atoms with Crippen LogP contribution in [0, 0.1) is 6.92 Å². The van der Waals surface area contributed by atoms with Gasteiger partial charge in [0.05, 0.1) is 29.1 Å². The van der Waals surface area contributed by atoms with Crippen LogP contribution >= 0.6 is 34.7 Å². The van der Waals surface area contributed by atoms with Crippen molar-refractivity contribution in [3.8, 4) is 11.4 Å². The molecule has 0 saturated heterocycles. The lowest BCUT2D eigenvalue weighted by Crippen LogP contribution is -2.22. The molecule has 158 valence electrons. The zero-order chi connectivity index (χ0) is 22.0. The molecule has 0 bridgehead atoms. The predicted molar refractivity (Wildman–Crippen MR) is 127 cm³/mol. The van der Waals surface area contributed by atoms with Gasteiger partial charge in [-0.05, 0) is 48.2 Å². The average molecular weight is 472 g/mol. The zero-order valence-corrected chi connectivity index (χ0v) is 19.1. The van der Waals surface area contributed by atoms with Crippen molar-refractivity contribution in [3.05, 3.63) is 74.9 Å². The molecule has 6 nitrogen and oxygen atoms in total. The molecular weight excluding hydrogens is 454 g/mol. The molecule has 2 aromatic heterocycles. The monoisotopic (exact) mass is 471 g/mol. The highest BCUT2D eigenvalue weighted by atomic mass is 35.5. The molecule has 2 heterocycles. The fraction of sp³-hybridized carbons (Fsp3) is 0.136. The molecule has 0 radical (unpaired) electrons. The molecule has 0 unspecified atom stereocenters. The lowest BCUT2D eigenvalue weighted by atomic mass is 10.2. The number of rotatable bonds is 6. The number of carbonyl (C=O) groups excluding carboxylic acids is 1. The number of amides is 1. The number of hydrogen-bond donors (Lipinski definition) is 1. The number of aryl methyl sites for hydroxylation is 1. The van der Waals surface area contributed by atoms with Gasteiger partial charge in [-0.2, -0.15) is 0 Å². The van der Waals surface area contributed by atoms with E-state index < -0.39 is 0 Å². The van der Waals surface area contributed by atoms with Crippen molar-refractivity contribution in [2.75, 3.05) is 18.2 Å². The van der Waals surface area contributed by atoms with Gasteiger partial charge in [-0.15, -0.1) is 11.3 Å². The van der Waals surface area contributed by atoms with E-state index in [1.807, 2.05) is 42.6 Å². The summed E-state index contributed by atoms with van der Waals surface area (Å²) >= 11 is 8.69. The lowest BCUT2D eigenvalue weighted by Gasteiger charge is -2.14. The molecule has 2 aromatic carbocycles. The van der Waals surface area contributed by atoms with Crippen LogP contribution < -0.4 is 15.6 Å². The molecule has 4 rings (SSSR count). The number of para-hydroxylation sites is 1. The van der Waals surface area contributed by atoms with Crippen LogP contribution in [0.5, 0.6) is 5.75 Å². The summed E-state index contributed by atoms with van der Waals surface area (Å²) in [6.07, 6.45) is 0. The van der Waals surface area contributed by atoms with Crippen LogP contribution in [0.15, 0.2) is 63.9 Å². The minimum atomic E-state index is -0.234. The number of methoxy groups -OCH3 is 1. The molecule has 1 N–H and O–H groups in total. The summed E-state index contributed by atoms with van der Waals surface area (Å²) < 4.78 is 7.29. The summed E-state index contributed by atoms with van der Waals surface area (Å²) in [5.74, 6) is 0.379. The molecule has 9 heteroatoms. The number of anilines is 1. The van der Waals surface area contributed by atoms with Crippen LogP contribution in [0.4, 0.5) is 5.69 Å². The molecule has 1 amide bonds. The summed E-state index contributed by atoms with van der Waals surface area (Å²) in [4.78, 5) is 30.4.